The normalized spacial score (nSPS) is 22.0. The average Bonchev–Trinajstić information content (AvgIpc) is 2.40. The Hall–Kier alpha value is -1.94. The van der Waals surface area contributed by atoms with E-state index in [9.17, 15) is 5.11 Å². The number of aromatic nitrogens is 2. The van der Waals surface area contributed by atoms with Crippen LogP contribution in [0.2, 0.25) is 0 Å². The zero-order chi connectivity index (χ0) is 13.5. The van der Waals surface area contributed by atoms with E-state index in [2.05, 4.69) is 16.0 Å². The Bertz CT molecular complexity index is 608. The van der Waals surface area contributed by atoms with E-state index in [-0.39, 0.29) is 5.54 Å². The Morgan fingerprint density at radius 3 is 2.95 bits per heavy atom. The molecular formula is C15H17N3O. The Morgan fingerprint density at radius 1 is 1.37 bits per heavy atom. The van der Waals surface area contributed by atoms with Crippen molar-refractivity contribution in [3.05, 3.63) is 41.9 Å². The molecular weight excluding hydrogens is 238 g/mol. The molecule has 0 saturated heterocycles. The molecule has 1 atom stereocenters. The summed E-state index contributed by atoms with van der Waals surface area (Å²) in [5.41, 5.74) is 9.68. The summed E-state index contributed by atoms with van der Waals surface area (Å²) >= 11 is 0. The first-order valence-electron chi connectivity index (χ1n) is 6.49. The number of benzene rings is 1. The van der Waals surface area contributed by atoms with Gasteiger partial charge in [-0.05, 0) is 55.5 Å². The second-order valence-corrected chi connectivity index (χ2v) is 5.39. The van der Waals surface area contributed by atoms with Crippen molar-refractivity contribution in [3.63, 3.8) is 0 Å². The van der Waals surface area contributed by atoms with Crippen LogP contribution in [0.25, 0.3) is 11.3 Å². The minimum atomic E-state index is -0.381. The number of hydrogen-bond acceptors (Lipinski definition) is 4. The van der Waals surface area contributed by atoms with Crippen LogP contribution in [-0.4, -0.2) is 15.1 Å². The van der Waals surface area contributed by atoms with Crippen LogP contribution in [0.3, 0.4) is 0 Å². The van der Waals surface area contributed by atoms with Crippen molar-refractivity contribution in [1.29, 1.82) is 0 Å². The van der Waals surface area contributed by atoms with Crippen molar-refractivity contribution in [1.82, 2.24) is 9.97 Å². The number of hydrogen-bond donors (Lipinski definition) is 2. The van der Waals surface area contributed by atoms with Gasteiger partial charge < -0.3 is 10.8 Å². The van der Waals surface area contributed by atoms with Crippen molar-refractivity contribution in [2.45, 2.75) is 31.7 Å². The second kappa shape index (κ2) is 4.31. The molecule has 3 N–H and O–H groups in total. The van der Waals surface area contributed by atoms with Crippen LogP contribution in [0, 0.1) is 0 Å². The van der Waals surface area contributed by atoms with E-state index in [1.807, 2.05) is 13.0 Å². The van der Waals surface area contributed by atoms with E-state index < -0.39 is 0 Å². The lowest BCUT2D eigenvalue weighted by molar-refractivity contribution is 0.393. The summed E-state index contributed by atoms with van der Waals surface area (Å²) in [7, 11) is 0. The van der Waals surface area contributed by atoms with Crippen molar-refractivity contribution in [3.8, 4) is 17.0 Å². The van der Waals surface area contributed by atoms with Crippen molar-refractivity contribution >= 4 is 0 Å². The molecule has 1 unspecified atom stereocenters. The number of nitrogens with zero attached hydrogens (tertiary/aromatic N) is 2. The Balaban J connectivity index is 2.18. The van der Waals surface area contributed by atoms with Gasteiger partial charge in [-0.25, -0.2) is 9.97 Å². The van der Waals surface area contributed by atoms with Crippen molar-refractivity contribution in [2.75, 3.05) is 0 Å². The van der Waals surface area contributed by atoms with Gasteiger partial charge in [0.1, 0.15) is 12.1 Å². The lowest BCUT2D eigenvalue weighted by atomic mass is 9.77. The van der Waals surface area contributed by atoms with E-state index in [1.165, 1.54) is 6.33 Å². The van der Waals surface area contributed by atoms with E-state index in [0.29, 0.717) is 5.75 Å². The van der Waals surface area contributed by atoms with Crippen molar-refractivity contribution < 1.29 is 5.11 Å². The van der Waals surface area contributed by atoms with Crippen LogP contribution < -0.4 is 5.73 Å². The Labute approximate surface area is 112 Å². The van der Waals surface area contributed by atoms with Crippen LogP contribution in [0.1, 0.15) is 30.9 Å². The van der Waals surface area contributed by atoms with Gasteiger partial charge in [0.15, 0.2) is 0 Å². The van der Waals surface area contributed by atoms with Gasteiger partial charge in [-0.2, -0.15) is 0 Å². The van der Waals surface area contributed by atoms with Gasteiger partial charge in [0.05, 0.1) is 5.69 Å². The highest BCUT2D eigenvalue weighted by atomic mass is 16.3. The van der Waals surface area contributed by atoms with Gasteiger partial charge in [0, 0.05) is 17.3 Å². The van der Waals surface area contributed by atoms with E-state index in [1.54, 1.807) is 12.3 Å². The fourth-order valence-corrected chi connectivity index (χ4v) is 2.81. The van der Waals surface area contributed by atoms with E-state index in [4.69, 9.17) is 5.73 Å². The third kappa shape index (κ3) is 2.08. The van der Waals surface area contributed by atoms with Gasteiger partial charge in [0.25, 0.3) is 0 Å². The average molecular weight is 255 g/mol. The third-order valence-corrected chi connectivity index (χ3v) is 3.84. The number of fused-ring (bicyclic) bond motifs is 1. The number of phenolic OH excluding ortho intramolecular Hbond substituents is 1. The molecule has 0 bridgehead atoms. The highest BCUT2D eigenvalue weighted by Gasteiger charge is 2.30. The minimum Gasteiger partial charge on any atom is -0.508 e. The highest BCUT2D eigenvalue weighted by molar-refractivity contribution is 5.65. The first kappa shape index (κ1) is 12.1. The Kier molecular flexibility index (Phi) is 2.75. The first-order chi connectivity index (χ1) is 9.08. The first-order valence-corrected chi connectivity index (χ1v) is 6.49. The summed E-state index contributed by atoms with van der Waals surface area (Å²) in [6, 6.07) is 5.65. The third-order valence-electron chi connectivity index (χ3n) is 3.84. The summed E-state index contributed by atoms with van der Waals surface area (Å²) in [6.07, 6.45) is 6.04. The molecule has 3 rings (SSSR count). The lowest BCUT2D eigenvalue weighted by Gasteiger charge is -2.33. The summed E-state index contributed by atoms with van der Waals surface area (Å²) in [4.78, 5) is 8.13. The minimum absolute atomic E-state index is 0.322. The number of phenols is 1. The fraction of sp³-hybridized carbons (Fsp3) is 0.333. The smallest absolute Gasteiger partial charge is 0.119 e. The molecule has 1 aliphatic rings. The molecule has 1 heterocycles. The predicted molar refractivity (Wildman–Crippen MR) is 73.6 cm³/mol. The van der Waals surface area contributed by atoms with Gasteiger partial charge in [0.2, 0.25) is 0 Å². The molecule has 0 spiro atoms. The molecule has 0 aliphatic heterocycles. The molecule has 1 aliphatic carbocycles. The maximum absolute atomic E-state index is 10.2. The van der Waals surface area contributed by atoms with Crippen LogP contribution in [-0.2, 0) is 12.0 Å². The molecule has 4 nitrogen and oxygen atoms in total. The predicted octanol–water partition coefficient (Wildman–Crippen LogP) is 2.36. The topological polar surface area (TPSA) is 72.0 Å². The molecule has 0 saturated carbocycles. The second-order valence-electron chi connectivity index (χ2n) is 5.39. The number of rotatable bonds is 1. The maximum atomic E-state index is 10.2. The summed E-state index contributed by atoms with van der Waals surface area (Å²) in [5, 5.41) is 10.2. The monoisotopic (exact) mass is 255 g/mol. The molecule has 0 fully saturated rings. The SMILES string of the molecule is CC1(N)CCCc2c(O)cc(-c3ccncn3)cc21. The molecule has 0 radical (unpaired) electrons. The highest BCUT2D eigenvalue weighted by Crippen LogP contribution is 2.39. The largest absolute Gasteiger partial charge is 0.508 e. The standard InChI is InChI=1S/C15H17N3O/c1-15(16)5-2-3-11-12(15)7-10(8-14(11)19)13-4-6-17-9-18-13/h4,6-9,19H,2-3,5,16H2,1H3. The molecule has 1 aromatic carbocycles. The molecule has 19 heavy (non-hydrogen) atoms. The number of nitrogens with two attached hydrogens (primary N) is 1. The van der Waals surface area contributed by atoms with E-state index in [0.717, 1.165) is 41.6 Å². The fourth-order valence-electron chi connectivity index (χ4n) is 2.81. The summed E-state index contributed by atoms with van der Waals surface area (Å²) in [6.45, 7) is 2.02. The zero-order valence-electron chi connectivity index (χ0n) is 10.9. The van der Waals surface area contributed by atoms with Crippen LogP contribution in [0.4, 0.5) is 0 Å². The summed E-state index contributed by atoms with van der Waals surface area (Å²) < 4.78 is 0. The van der Waals surface area contributed by atoms with Gasteiger partial charge in [-0.3, -0.25) is 0 Å². The van der Waals surface area contributed by atoms with Gasteiger partial charge >= 0.3 is 0 Å². The molecule has 2 aromatic rings. The van der Waals surface area contributed by atoms with Gasteiger partial charge in [-0.15, -0.1) is 0 Å². The van der Waals surface area contributed by atoms with Crippen molar-refractivity contribution in [2.24, 2.45) is 5.73 Å². The molecule has 98 valence electrons. The van der Waals surface area contributed by atoms with Crippen LogP contribution in [0.5, 0.6) is 5.75 Å². The maximum Gasteiger partial charge on any atom is 0.119 e. The molecule has 0 amide bonds. The molecule has 4 heteroatoms. The lowest BCUT2D eigenvalue weighted by Crippen LogP contribution is -2.36. The number of aromatic hydroxyl groups is 1. The van der Waals surface area contributed by atoms with Gasteiger partial charge in [-0.1, -0.05) is 0 Å². The zero-order valence-corrected chi connectivity index (χ0v) is 10.9. The van der Waals surface area contributed by atoms with E-state index >= 15 is 0 Å². The Morgan fingerprint density at radius 2 is 2.21 bits per heavy atom. The van der Waals surface area contributed by atoms with Crippen LogP contribution >= 0.6 is 0 Å². The summed E-state index contributed by atoms with van der Waals surface area (Å²) in [5.74, 6) is 0.322. The molecule has 1 aromatic heterocycles. The van der Waals surface area contributed by atoms with Crippen LogP contribution in [0.15, 0.2) is 30.7 Å². The quantitative estimate of drug-likeness (QED) is 0.820.